The summed E-state index contributed by atoms with van der Waals surface area (Å²) in [6.07, 6.45) is 2.27. The van der Waals surface area contributed by atoms with Gasteiger partial charge in [0.2, 0.25) is 5.96 Å². The fraction of sp³-hybridized carbons (Fsp3) is 0.917. The molecule has 0 aromatic rings. The second kappa shape index (κ2) is 8.39. The minimum absolute atomic E-state index is 0.416. The lowest BCUT2D eigenvalue weighted by atomic mass is 10.2. The van der Waals surface area contributed by atoms with Crippen molar-refractivity contribution in [3.8, 4) is 0 Å². The molecular weight excluding hydrogens is 200 g/mol. The first kappa shape index (κ1) is 15.2. The van der Waals surface area contributed by atoms with E-state index < -0.39 is 0 Å². The monoisotopic (exact) mass is 228 g/mol. The maximum atomic E-state index is 5.55. The molecule has 0 rings (SSSR count). The van der Waals surface area contributed by atoms with Crippen molar-refractivity contribution in [1.29, 1.82) is 0 Å². The molecule has 3 N–H and O–H groups in total. The molecule has 4 heteroatoms. The van der Waals surface area contributed by atoms with Gasteiger partial charge in [-0.1, -0.05) is 27.2 Å². The molecule has 0 aromatic heterocycles. The van der Waals surface area contributed by atoms with E-state index in [-0.39, 0.29) is 0 Å². The number of nitrogens with one attached hydrogen (secondary N) is 1. The third-order valence-corrected chi connectivity index (χ3v) is 2.36. The Morgan fingerprint density at radius 1 is 1.31 bits per heavy atom. The van der Waals surface area contributed by atoms with Gasteiger partial charge in [-0.25, -0.2) is 5.84 Å². The van der Waals surface area contributed by atoms with Crippen molar-refractivity contribution in [2.24, 2.45) is 16.8 Å². The van der Waals surface area contributed by atoms with E-state index in [4.69, 9.17) is 5.84 Å². The molecule has 0 radical (unpaired) electrons. The van der Waals surface area contributed by atoms with Crippen LogP contribution in [0, 0.1) is 5.92 Å². The van der Waals surface area contributed by atoms with Crippen LogP contribution in [-0.2, 0) is 0 Å². The summed E-state index contributed by atoms with van der Waals surface area (Å²) in [5, 5.41) is 0. The smallest absolute Gasteiger partial charge is 0.208 e. The van der Waals surface area contributed by atoms with Crippen molar-refractivity contribution in [2.75, 3.05) is 13.1 Å². The van der Waals surface area contributed by atoms with Gasteiger partial charge in [0.05, 0.1) is 0 Å². The molecule has 0 fully saturated rings. The molecule has 0 spiro atoms. The van der Waals surface area contributed by atoms with Crippen molar-refractivity contribution in [3.05, 3.63) is 0 Å². The second-order valence-electron chi connectivity index (χ2n) is 4.84. The average molecular weight is 228 g/mol. The minimum atomic E-state index is 0.416. The normalized spacial score (nSPS) is 12.4. The molecule has 16 heavy (non-hydrogen) atoms. The Bertz CT molecular complexity index is 199. The van der Waals surface area contributed by atoms with Crippen molar-refractivity contribution in [2.45, 2.75) is 53.5 Å². The van der Waals surface area contributed by atoms with Crippen LogP contribution in [0.3, 0.4) is 0 Å². The lowest BCUT2D eigenvalue weighted by molar-refractivity contribution is 0.300. The van der Waals surface area contributed by atoms with Crippen molar-refractivity contribution < 1.29 is 0 Å². The molecular formula is C12H28N4. The molecule has 0 aliphatic carbocycles. The zero-order valence-electron chi connectivity index (χ0n) is 11.5. The van der Waals surface area contributed by atoms with Crippen molar-refractivity contribution in [3.63, 3.8) is 0 Å². The fourth-order valence-corrected chi connectivity index (χ4v) is 1.50. The molecule has 0 saturated carbocycles. The van der Waals surface area contributed by atoms with Gasteiger partial charge in [-0.3, -0.25) is 10.4 Å². The first-order valence-corrected chi connectivity index (χ1v) is 6.30. The first-order valence-electron chi connectivity index (χ1n) is 6.30. The Balaban J connectivity index is 4.50. The summed E-state index contributed by atoms with van der Waals surface area (Å²) in [5.41, 5.74) is 2.72. The fourth-order valence-electron chi connectivity index (χ4n) is 1.50. The van der Waals surface area contributed by atoms with Crippen LogP contribution >= 0.6 is 0 Å². The van der Waals surface area contributed by atoms with E-state index in [0.29, 0.717) is 12.0 Å². The van der Waals surface area contributed by atoms with Crippen LogP contribution in [0.25, 0.3) is 0 Å². The van der Waals surface area contributed by atoms with Gasteiger partial charge in [0, 0.05) is 19.1 Å². The van der Waals surface area contributed by atoms with E-state index in [1.54, 1.807) is 0 Å². The predicted molar refractivity (Wildman–Crippen MR) is 71.2 cm³/mol. The molecule has 4 nitrogen and oxygen atoms in total. The van der Waals surface area contributed by atoms with Crippen LogP contribution in [0.4, 0.5) is 0 Å². The Morgan fingerprint density at radius 2 is 1.94 bits per heavy atom. The topological polar surface area (TPSA) is 53.6 Å². The van der Waals surface area contributed by atoms with E-state index in [0.717, 1.165) is 31.9 Å². The maximum absolute atomic E-state index is 5.55. The third-order valence-electron chi connectivity index (χ3n) is 2.36. The highest BCUT2D eigenvalue weighted by atomic mass is 15.4. The van der Waals surface area contributed by atoms with E-state index >= 15 is 0 Å². The summed E-state index contributed by atoms with van der Waals surface area (Å²) in [4.78, 5) is 6.74. The van der Waals surface area contributed by atoms with Crippen LogP contribution in [-0.4, -0.2) is 30.0 Å². The van der Waals surface area contributed by atoms with Gasteiger partial charge in [-0.15, -0.1) is 0 Å². The summed E-state index contributed by atoms with van der Waals surface area (Å²) >= 11 is 0. The van der Waals surface area contributed by atoms with Crippen LogP contribution < -0.4 is 11.3 Å². The van der Waals surface area contributed by atoms with Crippen molar-refractivity contribution in [1.82, 2.24) is 10.3 Å². The van der Waals surface area contributed by atoms with Crippen LogP contribution in [0.15, 0.2) is 4.99 Å². The molecule has 0 unspecified atom stereocenters. The standard InChI is InChI=1S/C12H28N4/c1-6-7-8-14-12(15-13)16(11(4)5)9-10(2)3/h10-11H,6-9,13H2,1-5H3,(H,14,15). The zero-order chi connectivity index (χ0) is 12.6. The lowest BCUT2D eigenvalue weighted by Crippen LogP contribution is -2.49. The Labute approximate surface area is 100 Å². The van der Waals surface area contributed by atoms with E-state index in [1.165, 1.54) is 0 Å². The Morgan fingerprint density at radius 3 is 2.31 bits per heavy atom. The van der Waals surface area contributed by atoms with E-state index in [9.17, 15) is 0 Å². The SMILES string of the molecule is CCCCN=C(NN)N(CC(C)C)C(C)C. The summed E-state index contributed by atoms with van der Waals surface area (Å²) in [6.45, 7) is 12.7. The van der Waals surface area contributed by atoms with Gasteiger partial charge in [0.1, 0.15) is 0 Å². The van der Waals surface area contributed by atoms with Crippen LogP contribution in [0.2, 0.25) is 0 Å². The maximum Gasteiger partial charge on any atom is 0.208 e. The molecule has 96 valence electrons. The van der Waals surface area contributed by atoms with Crippen molar-refractivity contribution >= 4 is 5.96 Å². The number of aliphatic imine (C=N–C) groups is 1. The number of hydrazine groups is 1. The second-order valence-corrected chi connectivity index (χ2v) is 4.84. The van der Waals surface area contributed by atoms with Gasteiger partial charge >= 0.3 is 0 Å². The van der Waals surface area contributed by atoms with Gasteiger partial charge in [0.25, 0.3) is 0 Å². The number of hydrogen-bond acceptors (Lipinski definition) is 2. The lowest BCUT2D eigenvalue weighted by Gasteiger charge is -2.31. The number of unbranched alkanes of at least 4 members (excludes halogenated alkanes) is 1. The summed E-state index contributed by atoms with van der Waals surface area (Å²) in [5.74, 6) is 6.97. The summed E-state index contributed by atoms with van der Waals surface area (Å²) in [6, 6.07) is 0.416. The van der Waals surface area contributed by atoms with Gasteiger partial charge in [-0.2, -0.15) is 0 Å². The first-order chi connectivity index (χ1) is 7.52. The molecule has 0 amide bonds. The highest BCUT2D eigenvalue weighted by Crippen LogP contribution is 2.04. The minimum Gasteiger partial charge on any atom is -0.339 e. The number of hydrogen-bond donors (Lipinski definition) is 2. The van der Waals surface area contributed by atoms with Crippen LogP contribution in [0.5, 0.6) is 0 Å². The van der Waals surface area contributed by atoms with Gasteiger partial charge < -0.3 is 4.90 Å². The third kappa shape index (κ3) is 5.95. The van der Waals surface area contributed by atoms with Gasteiger partial charge in [0.15, 0.2) is 0 Å². The predicted octanol–water partition coefficient (Wildman–Crippen LogP) is 1.97. The highest BCUT2D eigenvalue weighted by molar-refractivity contribution is 5.79. The number of nitrogens with two attached hydrogens (primary N) is 1. The Hall–Kier alpha value is -0.770. The van der Waals surface area contributed by atoms with E-state index in [2.05, 4.69) is 49.9 Å². The highest BCUT2D eigenvalue weighted by Gasteiger charge is 2.14. The van der Waals surface area contributed by atoms with Crippen LogP contribution in [0.1, 0.15) is 47.5 Å². The largest absolute Gasteiger partial charge is 0.339 e. The summed E-state index contributed by atoms with van der Waals surface area (Å²) in [7, 11) is 0. The Kier molecular flexibility index (Phi) is 7.99. The van der Waals surface area contributed by atoms with E-state index in [1.807, 2.05) is 0 Å². The molecule has 0 saturated heterocycles. The van der Waals surface area contributed by atoms with Gasteiger partial charge in [-0.05, 0) is 26.2 Å². The molecule has 0 atom stereocenters. The quantitative estimate of drug-likeness (QED) is 0.240. The zero-order valence-corrected chi connectivity index (χ0v) is 11.5. The molecule has 0 bridgehead atoms. The molecule has 0 aliphatic heterocycles. The molecule has 0 aliphatic rings. The molecule has 0 heterocycles. The number of rotatable bonds is 6. The number of guanidine groups is 1. The molecule has 0 aromatic carbocycles. The summed E-state index contributed by atoms with van der Waals surface area (Å²) < 4.78 is 0. The number of nitrogens with zero attached hydrogens (tertiary/aromatic N) is 2. The average Bonchev–Trinajstić information content (AvgIpc) is 2.21.